The average Bonchev–Trinajstić information content (AvgIpc) is 2.33. The number of ether oxygens (including phenoxy) is 1. The van der Waals surface area contributed by atoms with Gasteiger partial charge in [0.25, 0.3) is 0 Å². The Balaban J connectivity index is 1.69. The normalized spacial score (nSPS) is 20.7. The number of hydrogen-bond acceptors (Lipinski definition) is 2. The predicted molar refractivity (Wildman–Crippen MR) is 74.9 cm³/mol. The molecule has 0 aliphatic carbocycles. The Morgan fingerprint density at radius 1 is 1.25 bits per heavy atom. The van der Waals surface area contributed by atoms with E-state index in [-0.39, 0.29) is 0 Å². The van der Waals surface area contributed by atoms with Gasteiger partial charge in [0.2, 0.25) is 0 Å². The van der Waals surface area contributed by atoms with Crippen LogP contribution in [-0.2, 0) is 0 Å². The van der Waals surface area contributed by atoms with E-state index in [2.05, 4.69) is 40.0 Å². The van der Waals surface area contributed by atoms with Gasteiger partial charge >= 0.3 is 0 Å². The van der Waals surface area contributed by atoms with Crippen molar-refractivity contribution in [3.63, 3.8) is 0 Å². The molecule has 1 saturated heterocycles. The van der Waals surface area contributed by atoms with Crippen LogP contribution in [0.3, 0.4) is 0 Å². The fourth-order valence-electron chi connectivity index (χ4n) is 2.02. The second kappa shape index (κ2) is 6.45. The molecule has 0 saturated carbocycles. The number of hydrogen-bond donors (Lipinski definition) is 1. The molecule has 0 aromatic heterocycles. The van der Waals surface area contributed by atoms with Crippen molar-refractivity contribution in [1.29, 1.82) is 0 Å². The van der Waals surface area contributed by atoms with Gasteiger partial charge in [0.05, 0.1) is 6.61 Å². The Morgan fingerprint density at radius 2 is 2.06 bits per heavy atom. The van der Waals surface area contributed by atoms with E-state index in [4.69, 9.17) is 4.74 Å². The zero-order chi connectivity index (χ0) is 11.2. The summed E-state index contributed by atoms with van der Waals surface area (Å²) in [6, 6.07) is 8.90. The van der Waals surface area contributed by atoms with Crippen molar-refractivity contribution < 1.29 is 4.74 Å². The predicted octanol–water partition coefficient (Wildman–Crippen LogP) is 3.20. The van der Waals surface area contributed by atoms with E-state index >= 15 is 0 Å². The Labute approximate surface area is 111 Å². The molecule has 0 spiro atoms. The van der Waals surface area contributed by atoms with E-state index in [9.17, 15) is 0 Å². The third-order valence-electron chi connectivity index (χ3n) is 2.96. The van der Waals surface area contributed by atoms with Crippen molar-refractivity contribution in [2.45, 2.75) is 31.7 Å². The molecule has 1 N–H and O–H groups in total. The van der Waals surface area contributed by atoms with Crippen LogP contribution in [0, 0.1) is 3.57 Å². The summed E-state index contributed by atoms with van der Waals surface area (Å²) >= 11 is 2.30. The average molecular weight is 331 g/mol. The minimum Gasteiger partial charge on any atom is -0.494 e. The van der Waals surface area contributed by atoms with E-state index in [1.165, 1.54) is 29.4 Å². The Hall–Kier alpha value is -0.290. The van der Waals surface area contributed by atoms with Gasteiger partial charge in [-0.25, -0.2) is 0 Å². The maximum absolute atomic E-state index is 5.72. The number of halogens is 1. The van der Waals surface area contributed by atoms with Crippen molar-refractivity contribution in [2.24, 2.45) is 0 Å². The Kier molecular flexibility index (Phi) is 4.91. The maximum Gasteiger partial charge on any atom is 0.119 e. The lowest BCUT2D eigenvalue weighted by Gasteiger charge is -2.23. The first-order valence-electron chi connectivity index (χ1n) is 5.96. The Bertz CT molecular complexity index is 306. The van der Waals surface area contributed by atoms with Gasteiger partial charge in [-0.15, -0.1) is 0 Å². The zero-order valence-corrected chi connectivity index (χ0v) is 11.6. The third kappa shape index (κ3) is 3.94. The van der Waals surface area contributed by atoms with Crippen molar-refractivity contribution in [2.75, 3.05) is 13.2 Å². The fraction of sp³-hybridized carbons (Fsp3) is 0.538. The molecule has 1 aliphatic rings. The second-order valence-corrected chi connectivity index (χ2v) is 5.48. The van der Waals surface area contributed by atoms with Gasteiger partial charge < -0.3 is 10.1 Å². The zero-order valence-electron chi connectivity index (χ0n) is 9.42. The summed E-state index contributed by atoms with van der Waals surface area (Å²) < 4.78 is 6.97. The third-order valence-corrected chi connectivity index (χ3v) is 3.68. The van der Waals surface area contributed by atoms with Crippen molar-refractivity contribution in [3.8, 4) is 5.75 Å². The summed E-state index contributed by atoms with van der Waals surface area (Å²) in [6.45, 7) is 1.99. The van der Waals surface area contributed by atoms with Crippen LogP contribution in [0.25, 0.3) is 0 Å². The standard InChI is InChI=1S/C13H18INO/c14-11-4-6-13(7-5-11)16-10-8-12-3-1-2-9-15-12/h4-7,12,15H,1-3,8-10H2/t12-/m1/s1. The van der Waals surface area contributed by atoms with Crippen LogP contribution in [0.15, 0.2) is 24.3 Å². The minimum absolute atomic E-state index is 0.664. The second-order valence-electron chi connectivity index (χ2n) is 4.24. The monoisotopic (exact) mass is 331 g/mol. The molecule has 1 aromatic rings. The van der Waals surface area contributed by atoms with Gasteiger partial charge in [-0.05, 0) is 72.7 Å². The summed E-state index contributed by atoms with van der Waals surface area (Å²) in [5.41, 5.74) is 0. The topological polar surface area (TPSA) is 21.3 Å². The molecule has 88 valence electrons. The van der Waals surface area contributed by atoms with Gasteiger partial charge in [-0.1, -0.05) is 6.42 Å². The summed E-state index contributed by atoms with van der Waals surface area (Å²) in [4.78, 5) is 0. The molecule has 1 heterocycles. The Morgan fingerprint density at radius 3 is 2.75 bits per heavy atom. The van der Waals surface area contributed by atoms with Gasteiger partial charge in [0.15, 0.2) is 0 Å². The van der Waals surface area contributed by atoms with Crippen LogP contribution < -0.4 is 10.1 Å². The number of nitrogens with one attached hydrogen (secondary N) is 1. The van der Waals surface area contributed by atoms with E-state index < -0.39 is 0 Å². The minimum atomic E-state index is 0.664. The highest BCUT2D eigenvalue weighted by atomic mass is 127. The van der Waals surface area contributed by atoms with E-state index in [1.54, 1.807) is 0 Å². The lowest BCUT2D eigenvalue weighted by atomic mass is 10.0. The first kappa shape index (κ1) is 12.2. The molecule has 0 unspecified atom stereocenters. The fourth-order valence-corrected chi connectivity index (χ4v) is 2.38. The molecule has 1 aliphatic heterocycles. The number of rotatable bonds is 4. The van der Waals surface area contributed by atoms with Crippen LogP contribution in [0.5, 0.6) is 5.75 Å². The molecular formula is C13H18INO. The van der Waals surface area contributed by atoms with E-state index in [1.807, 2.05) is 12.1 Å². The number of benzene rings is 1. The molecule has 1 aromatic carbocycles. The van der Waals surface area contributed by atoms with E-state index in [0.29, 0.717) is 6.04 Å². The summed E-state index contributed by atoms with van der Waals surface area (Å²) in [5, 5.41) is 3.53. The van der Waals surface area contributed by atoms with Gasteiger partial charge in [0, 0.05) is 9.61 Å². The summed E-state index contributed by atoms with van der Waals surface area (Å²) in [6.07, 6.45) is 5.11. The van der Waals surface area contributed by atoms with Gasteiger partial charge in [-0.3, -0.25) is 0 Å². The van der Waals surface area contributed by atoms with Crippen LogP contribution >= 0.6 is 22.6 Å². The SMILES string of the molecule is Ic1ccc(OCC[C@H]2CCCCN2)cc1. The molecule has 1 fully saturated rings. The molecule has 0 bridgehead atoms. The smallest absolute Gasteiger partial charge is 0.119 e. The summed E-state index contributed by atoms with van der Waals surface area (Å²) in [5.74, 6) is 0.983. The van der Waals surface area contributed by atoms with Crippen molar-refractivity contribution in [3.05, 3.63) is 27.8 Å². The lowest BCUT2D eigenvalue weighted by molar-refractivity contribution is 0.268. The number of piperidine rings is 1. The van der Waals surface area contributed by atoms with Crippen molar-refractivity contribution >= 4 is 22.6 Å². The van der Waals surface area contributed by atoms with Gasteiger partial charge in [0.1, 0.15) is 5.75 Å². The van der Waals surface area contributed by atoms with Gasteiger partial charge in [-0.2, -0.15) is 0 Å². The lowest BCUT2D eigenvalue weighted by Crippen LogP contribution is -2.35. The first-order chi connectivity index (χ1) is 7.84. The molecular weight excluding hydrogens is 313 g/mol. The van der Waals surface area contributed by atoms with Crippen LogP contribution in [0.2, 0.25) is 0 Å². The molecule has 2 nitrogen and oxygen atoms in total. The van der Waals surface area contributed by atoms with E-state index in [0.717, 1.165) is 18.8 Å². The quantitative estimate of drug-likeness (QED) is 0.856. The largest absolute Gasteiger partial charge is 0.494 e. The molecule has 16 heavy (non-hydrogen) atoms. The molecule has 3 heteroatoms. The summed E-state index contributed by atoms with van der Waals surface area (Å²) in [7, 11) is 0. The van der Waals surface area contributed by atoms with Crippen LogP contribution in [0.4, 0.5) is 0 Å². The molecule has 0 amide bonds. The van der Waals surface area contributed by atoms with Crippen molar-refractivity contribution in [1.82, 2.24) is 5.32 Å². The molecule has 2 rings (SSSR count). The maximum atomic E-state index is 5.72. The molecule has 0 radical (unpaired) electrons. The molecule has 1 atom stereocenters. The highest BCUT2D eigenvalue weighted by Crippen LogP contribution is 2.15. The van der Waals surface area contributed by atoms with Crippen LogP contribution in [-0.4, -0.2) is 19.2 Å². The highest BCUT2D eigenvalue weighted by molar-refractivity contribution is 14.1. The van der Waals surface area contributed by atoms with Crippen LogP contribution in [0.1, 0.15) is 25.7 Å². The first-order valence-corrected chi connectivity index (χ1v) is 7.04. The highest BCUT2D eigenvalue weighted by Gasteiger charge is 2.11.